The van der Waals surface area contributed by atoms with E-state index in [-0.39, 0.29) is 0 Å². The molecular formula is C4H5ClO. The zero-order valence-electron chi connectivity index (χ0n) is 3.40. The fourth-order valence-corrected chi connectivity index (χ4v) is 0. The number of aliphatic hydroxyl groups is 1. The summed E-state index contributed by atoms with van der Waals surface area (Å²) in [6.07, 6.45) is 4.67. The lowest BCUT2D eigenvalue weighted by molar-refractivity contribution is 0.211. The molecule has 2 heteroatoms. The molecule has 0 aliphatic rings. The zero-order chi connectivity index (χ0) is 5.21. The minimum absolute atomic E-state index is 1.33. The van der Waals surface area contributed by atoms with Crippen LogP contribution in [-0.2, 0) is 0 Å². The molecule has 0 aromatic heterocycles. The van der Waals surface area contributed by atoms with Crippen LogP contribution in [0.25, 0.3) is 0 Å². The first kappa shape index (κ1) is 5.81. The van der Waals surface area contributed by atoms with Crippen LogP contribution in [0.3, 0.4) is 0 Å². The van der Waals surface area contributed by atoms with Gasteiger partial charge in [0.2, 0.25) is 0 Å². The molecule has 0 radical (unpaired) electrons. The lowest BCUT2D eigenvalue weighted by atomic mass is 10.4. The van der Waals surface area contributed by atoms with Crippen LogP contribution in [-0.4, -0.2) is 10.2 Å². The highest BCUT2D eigenvalue weighted by molar-refractivity contribution is 6.24. The van der Waals surface area contributed by atoms with Crippen molar-refractivity contribution in [3.05, 3.63) is 0 Å². The summed E-state index contributed by atoms with van der Waals surface area (Å²) in [6.45, 7) is 1.33. The lowest BCUT2D eigenvalue weighted by Gasteiger charge is -2.00. The van der Waals surface area contributed by atoms with Gasteiger partial charge in [0, 0.05) is 0 Å². The molecule has 0 spiro atoms. The summed E-state index contributed by atoms with van der Waals surface area (Å²) < 4.78 is 0. The first-order valence-corrected chi connectivity index (χ1v) is 1.83. The predicted molar refractivity (Wildman–Crippen MR) is 25.3 cm³/mol. The molecule has 0 heterocycles. The van der Waals surface area contributed by atoms with Gasteiger partial charge in [-0.3, -0.25) is 0 Å². The van der Waals surface area contributed by atoms with E-state index in [1.54, 1.807) is 0 Å². The van der Waals surface area contributed by atoms with Crippen molar-refractivity contribution >= 4 is 11.6 Å². The van der Waals surface area contributed by atoms with E-state index in [0.717, 1.165) is 0 Å². The van der Waals surface area contributed by atoms with Crippen LogP contribution in [0.5, 0.6) is 0 Å². The number of hydrogen-bond donors (Lipinski definition) is 1. The summed E-state index contributed by atoms with van der Waals surface area (Å²) in [5.74, 6) is 1.93. The highest BCUT2D eigenvalue weighted by Gasteiger charge is 2.07. The van der Waals surface area contributed by atoms with Crippen molar-refractivity contribution in [3.8, 4) is 12.3 Å². The Hall–Kier alpha value is -0.190. The SMILES string of the molecule is C#CC(C)(O)Cl. The first-order valence-electron chi connectivity index (χ1n) is 1.45. The Bertz CT molecular complexity index is 74.5. The summed E-state index contributed by atoms with van der Waals surface area (Å²) >= 11 is 5.04. The van der Waals surface area contributed by atoms with Gasteiger partial charge in [0.15, 0.2) is 5.06 Å². The minimum Gasteiger partial charge on any atom is -0.365 e. The highest BCUT2D eigenvalue weighted by Crippen LogP contribution is 2.04. The van der Waals surface area contributed by atoms with Crippen molar-refractivity contribution in [3.63, 3.8) is 0 Å². The Morgan fingerprint density at radius 1 is 2.00 bits per heavy atom. The van der Waals surface area contributed by atoms with Crippen LogP contribution < -0.4 is 0 Å². The van der Waals surface area contributed by atoms with E-state index in [4.69, 9.17) is 16.7 Å². The molecule has 0 amide bonds. The average Bonchev–Trinajstić information content (AvgIpc) is 1.35. The zero-order valence-corrected chi connectivity index (χ0v) is 4.16. The van der Waals surface area contributed by atoms with Gasteiger partial charge in [-0.15, -0.1) is 6.42 Å². The summed E-state index contributed by atoms with van der Waals surface area (Å²) in [5, 5.41) is 6.90. The second-order valence-electron chi connectivity index (χ2n) is 1.10. The molecule has 0 fully saturated rings. The maximum absolute atomic E-state index is 8.36. The molecule has 0 aliphatic carbocycles. The van der Waals surface area contributed by atoms with Gasteiger partial charge in [0.05, 0.1) is 0 Å². The van der Waals surface area contributed by atoms with Gasteiger partial charge in [-0.1, -0.05) is 17.5 Å². The number of alkyl halides is 1. The van der Waals surface area contributed by atoms with Gasteiger partial charge in [-0.2, -0.15) is 0 Å². The fraction of sp³-hybridized carbons (Fsp3) is 0.500. The number of terminal acetylenes is 1. The number of hydrogen-bond acceptors (Lipinski definition) is 1. The van der Waals surface area contributed by atoms with Crippen LogP contribution in [0.1, 0.15) is 6.92 Å². The molecule has 0 aromatic carbocycles. The van der Waals surface area contributed by atoms with Crippen molar-refractivity contribution in [1.29, 1.82) is 0 Å². The van der Waals surface area contributed by atoms with Gasteiger partial charge in [-0.05, 0) is 6.92 Å². The van der Waals surface area contributed by atoms with E-state index in [1.165, 1.54) is 6.92 Å². The minimum atomic E-state index is -1.46. The monoisotopic (exact) mass is 104 g/mol. The molecule has 0 aromatic rings. The maximum Gasteiger partial charge on any atom is 0.198 e. The molecule has 0 bridgehead atoms. The third-order valence-corrected chi connectivity index (χ3v) is 0.373. The molecule has 1 N–H and O–H groups in total. The molecule has 34 valence electrons. The Labute approximate surface area is 41.9 Å². The van der Waals surface area contributed by atoms with E-state index in [1.807, 2.05) is 5.92 Å². The quantitative estimate of drug-likeness (QED) is 0.352. The van der Waals surface area contributed by atoms with Gasteiger partial charge >= 0.3 is 0 Å². The molecule has 0 rings (SSSR count). The predicted octanol–water partition coefficient (Wildman–Crippen LogP) is 0.567. The summed E-state index contributed by atoms with van der Waals surface area (Å²) in [4.78, 5) is 0. The summed E-state index contributed by atoms with van der Waals surface area (Å²) in [5.41, 5.74) is 0. The van der Waals surface area contributed by atoms with E-state index < -0.39 is 5.06 Å². The van der Waals surface area contributed by atoms with Crippen LogP contribution in [0.4, 0.5) is 0 Å². The Morgan fingerprint density at radius 2 is 2.17 bits per heavy atom. The van der Waals surface area contributed by atoms with E-state index in [2.05, 4.69) is 6.42 Å². The highest BCUT2D eigenvalue weighted by atomic mass is 35.5. The second-order valence-corrected chi connectivity index (χ2v) is 1.83. The number of rotatable bonds is 0. The van der Waals surface area contributed by atoms with Crippen molar-refractivity contribution in [2.24, 2.45) is 0 Å². The average molecular weight is 105 g/mol. The van der Waals surface area contributed by atoms with Crippen LogP contribution in [0, 0.1) is 12.3 Å². The van der Waals surface area contributed by atoms with Crippen LogP contribution >= 0.6 is 11.6 Å². The van der Waals surface area contributed by atoms with E-state index in [0.29, 0.717) is 0 Å². The Morgan fingerprint density at radius 3 is 2.17 bits per heavy atom. The molecule has 0 saturated carbocycles. The molecule has 1 unspecified atom stereocenters. The van der Waals surface area contributed by atoms with Gasteiger partial charge in [-0.25, -0.2) is 0 Å². The largest absolute Gasteiger partial charge is 0.365 e. The van der Waals surface area contributed by atoms with Gasteiger partial charge in [0.25, 0.3) is 0 Å². The molecule has 0 saturated heterocycles. The molecular weight excluding hydrogens is 99.5 g/mol. The molecule has 0 aliphatic heterocycles. The number of halogens is 1. The molecule has 6 heavy (non-hydrogen) atoms. The van der Waals surface area contributed by atoms with Crippen molar-refractivity contribution in [1.82, 2.24) is 0 Å². The van der Waals surface area contributed by atoms with E-state index >= 15 is 0 Å². The normalized spacial score (nSPS) is 18.3. The van der Waals surface area contributed by atoms with Crippen LogP contribution in [0.15, 0.2) is 0 Å². The first-order chi connectivity index (χ1) is 2.56. The maximum atomic E-state index is 8.36. The third-order valence-electron chi connectivity index (χ3n) is 0.263. The Balaban J connectivity index is 3.55. The fourth-order valence-electron chi connectivity index (χ4n) is 0. The molecule has 1 nitrogen and oxygen atoms in total. The van der Waals surface area contributed by atoms with Crippen molar-refractivity contribution in [2.75, 3.05) is 0 Å². The van der Waals surface area contributed by atoms with E-state index in [9.17, 15) is 0 Å². The summed E-state index contributed by atoms with van der Waals surface area (Å²) in [7, 11) is 0. The van der Waals surface area contributed by atoms with Crippen molar-refractivity contribution in [2.45, 2.75) is 12.0 Å². The third kappa shape index (κ3) is 3.81. The summed E-state index contributed by atoms with van der Waals surface area (Å²) in [6, 6.07) is 0. The molecule has 1 atom stereocenters. The topological polar surface area (TPSA) is 20.2 Å². The Kier molecular flexibility index (Phi) is 1.46. The van der Waals surface area contributed by atoms with Crippen LogP contribution in [0.2, 0.25) is 0 Å². The smallest absolute Gasteiger partial charge is 0.198 e. The lowest BCUT2D eigenvalue weighted by Crippen LogP contribution is -2.09. The van der Waals surface area contributed by atoms with Gasteiger partial charge < -0.3 is 5.11 Å². The van der Waals surface area contributed by atoms with Gasteiger partial charge in [0.1, 0.15) is 0 Å². The van der Waals surface area contributed by atoms with Crippen molar-refractivity contribution < 1.29 is 5.11 Å². The standard InChI is InChI=1S/C4H5ClO/c1-3-4(2,5)6/h1,6H,2H3. The second kappa shape index (κ2) is 1.51.